The Kier molecular flexibility index (Phi) is 3.70. The van der Waals surface area contributed by atoms with E-state index in [-0.39, 0.29) is 5.75 Å². The maximum absolute atomic E-state index is 11.4. The average molecular weight is 241 g/mol. The van der Waals surface area contributed by atoms with Gasteiger partial charge in [-0.15, -0.1) is 12.6 Å². The number of phenolic OH excluding ortho intramolecular Hbond substituents is 1. The quantitative estimate of drug-likeness (QED) is 0.523. The molecule has 0 aliphatic rings. The third-order valence-electron chi connectivity index (χ3n) is 1.62. The van der Waals surface area contributed by atoms with Crippen molar-refractivity contribution < 1.29 is 14.6 Å². The molecule has 0 bridgehead atoms. The summed E-state index contributed by atoms with van der Waals surface area (Å²) in [5.74, 6) is 0.0970. The molecule has 2 N–H and O–H groups in total. The predicted octanol–water partition coefficient (Wildman–Crippen LogP) is 3.03. The Bertz CT molecular complexity index is 399. The second-order valence-corrected chi connectivity index (χ2v) is 4.81. The Morgan fingerprint density at radius 1 is 1.44 bits per heavy atom. The van der Waals surface area contributed by atoms with E-state index < -0.39 is 11.7 Å². The molecule has 1 rings (SSSR count). The molecule has 0 fully saturated rings. The molecule has 5 heteroatoms. The van der Waals surface area contributed by atoms with Crippen molar-refractivity contribution >= 4 is 24.4 Å². The fourth-order valence-corrected chi connectivity index (χ4v) is 1.30. The first kappa shape index (κ1) is 12.7. The van der Waals surface area contributed by atoms with Gasteiger partial charge >= 0.3 is 6.09 Å². The third-order valence-corrected chi connectivity index (χ3v) is 1.99. The van der Waals surface area contributed by atoms with Gasteiger partial charge in [0.05, 0.1) is 5.69 Å². The van der Waals surface area contributed by atoms with Crippen molar-refractivity contribution in [2.24, 2.45) is 0 Å². The molecular formula is C11H15NO3S. The van der Waals surface area contributed by atoms with E-state index in [4.69, 9.17) is 9.84 Å². The van der Waals surface area contributed by atoms with Crippen LogP contribution in [0.5, 0.6) is 5.75 Å². The molecule has 0 saturated heterocycles. The summed E-state index contributed by atoms with van der Waals surface area (Å²) in [5, 5.41) is 11.7. The van der Waals surface area contributed by atoms with E-state index in [0.717, 1.165) is 0 Å². The highest BCUT2D eigenvalue weighted by atomic mass is 32.1. The number of nitrogens with one attached hydrogen (secondary N) is 1. The first-order chi connectivity index (χ1) is 7.28. The number of amides is 1. The molecule has 0 aromatic heterocycles. The molecule has 0 atom stereocenters. The molecule has 4 nitrogen and oxygen atoms in total. The van der Waals surface area contributed by atoms with E-state index in [1.165, 1.54) is 12.1 Å². The van der Waals surface area contributed by atoms with Gasteiger partial charge in [-0.2, -0.15) is 0 Å². The van der Waals surface area contributed by atoms with Crippen molar-refractivity contribution in [3.63, 3.8) is 0 Å². The van der Waals surface area contributed by atoms with Crippen LogP contribution >= 0.6 is 12.6 Å². The first-order valence-corrected chi connectivity index (χ1v) is 5.24. The van der Waals surface area contributed by atoms with Crippen LogP contribution < -0.4 is 5.32 Å². The molecule has 0 heterocycles. The minimum Gasteiger partial charge on any atom is -0.508 e. The van der Waals surface area contributed by atoms with Crippen LogP contribution in [0.2, 0.25) is 0 Å². The largest absolute Gasteiger partial charge is 0.508 e. The van der Waals surface area contributed by atoms with Gasteiger partial charge in [0, 0.05) is 4.90 Å². The van der Waals surface area contributed by atoms with Crippen molar-refractivity contribution in [1.29, 1.82) is 0 Å². The summed E-state index contributed by atoms with van der Waals surface area (Å²) >= 11 is 4.12. The number of thiol groups is 1. The van der Waals surface area contributed by atoms with Crippen LogP contribution in [0.1, 0.15) is 20.8 Å². The van der Waals surface area contributed by atoms with Crippen LogP contribution in [0.15, 0.2) is 23.1 Å². The first-order valence-electron chi connectivity index (χ1n) is 4.80. The van der Waals surface area contributed by atoms with Crippen LogP contribution in [-0.4, -0.2) is 16.8 Å². The second kappa shape index (κ2) is 4.65. The van der Waals surface area contributed by atoms with Gasteiger partial charge in [-0.05, 0) is 39.0 Å². The molecule has 88 valence electrons. The van der Waals surface area contributed by atoms with Crippen LogP contribution in [0.25, 0.3) is 0 Å². The average Bonchev–Trinajstić information content (AvgIpc) is 2.06. The van der Waals surface area contributed by atoms with Gasteiger partial charge in [0.15, 0.2) is 0 Å². The van der Waals surface area contributed by atoms with E-state index in [2.05, 4.69) is 17.9 Å². The van der Waals surface area contributed by atoms with Crippen LogP contribution in [-0.2, 0) is 4.74 Å². The van der Waals surface area contributed by atoms with Crippen molar-refractivity contribution in [2.75, 3.05) is 5.32 Å². The molecule has 0 unspecified atom stereocenters. The Morgan fingerprint density at radius 2 is 2.06 bits per heavy atom. The summed E-state index contributed by atoms with van der Waals surface area (Å²) in [5.41, 5.74) is -0.0482. The maximum Gasteiger partial charge on any atom is 0.412 e. The zero-order chi connectivity index (χ0) is 12.3. The lowest BCUT2D eigenvalue weighted by molar-refractivity contribution is 0.0635. The number of carbonyl (C=O) groups is 1. The van der Waals surface area contributed by atoms with Crippen molar-refractivity contribution in [3.8, 4) is 5.75 Å². The fraction of sp³-hybridized carbons (Fsp3) is 0.364. The molecule has 16 heavy (non-hydrogen) atoms. The maximum atomic E-state index is 11.4. The lowest BCUT2D eigenvalue weighted by atomic mass is 10.2. The van der Waals surface area contributed by atoms with Crippen LogP contribution in [0.3, 0.4) is 0 Å². The molecular weight excluding hydrogens is 226 g/mol. The Balaban J connectivity index is 2.70. The van der Waals surface area contributed by atoms with Crippen molar-refractivity contribution in [1.82, 2.24) is 0 Å². The van der Waals surface area contributed by atoms with Gasteiger partial charge in [0.2, 0.25) is 0 Å². The van der Waals surface area contributed by atoms with E-state index in [9.17, 15) is 4.79 Å². The number of phenols is 1. The lowest BCUT2D eigenvalue weighted by Gasteiger charge is -2.20. The molecule has 1 amide bonds. The summed E-state index contributed by atoms with van der Waals surface area (Å²) in [4.78, 5) is 11.9. The fourth-order valence-electron chi connectivity index (χ4n) is 1.04. The van der Waals surface area contributed by atoms with E-state index >= 15 is 0 Å². The number of benzene rings is 1. The van der Waals surface area contributed by atoms with Crippen molar-refractivity contribution in [2.45, 2.75) is 31.3 Å². The molecule has 0 radical (unpaired) electrons. The number of anilines is 1. The number of hydrogen-bond acceptors (Lipinski definition) is 4. The topological polar surface area (TPSA) is 58.6 Å². The molecule has 0 aliphatic heterocycles. The minimum absolute atomic E-state index is 0.0970. The number of rotatable bonds is 1. The van der Waals surface area contributed by atoms with Gasteiger partial charge in [0.1, 0.15) is 11.4 Å². The Hall–Kier alpha value is -1.36. The third kappa shape index (κ3) is 4.02. The number of aromatic hydroxyl groups is 1. The van der Waals surface area contributed by atoms with Gasteiger partial charge in [-0.1, -0.05) is 0 Å². The lowest BCUT2D eigenvalue weighted by Crippen LogP contribution is -2.27. The smallest absolute Gasteiger partial charge is 0.412 e. The highest BCUT2D eigenvalue weighted by Crippen LogP contribution is 2.24. The number of hydrogen-bond donors (Lipinski definition) is 3. The van der Waals surface area contributed by atoms with Gasteiger partial charge in [0.25, 0.3) is 0 Å². The zero-order valence-electron chi connectivity index (χ0n) is 9.44. The predicted molar refractivity (Wildman–Crippen MR) is 65.2 cm³/mol. The summed E-state index contributed by atoms with van der Waals surface area (Å²) < 4.78 is 5.08. The van der Waals surface area contributed by atoms with Crippen molar-refractivity contribution in [3.05, 3.63) is 18.2 Å². The molecule has 1 aromatic rings. The SMILES string of the molecule is CC(C)(C)OC(=O)Nc1ccc(O)cc1S. The highest BCUT2D eigenvalue weighted by Gasteiger charge is 2.16. The monoisotopic (exact) mass is 241 g/mol. The summed E-state index contributed by atoms with van der Waals surface area (Å²) in [7, 11) is 0. The highest BCUT2D eigenvalue weighted by molar-refractivity contribution is 7.80. The van der Waals surface area contributed by atoms with Gasteiger partial charge in [-0.3, -0.25) is 5.32 Å². The second-order valence-electron chi connectivity index (χ2n) is 4.33. The van der Waals surface area contributed by atoms with Crippen LogP contribution in [0, 0.1) is 0 Å². The van der Waals surface area contributed by atoms with Crippen LogP contribution in [0.4, 0.5) is 10.5 Å². The molecule has 0 saturated carbocycles. The zero-order valence-corrected chi connectivity index (χ0v) is 10.3. The molecule has 0 spiro atoms. The normalized spacial score (nSPS) is 11.0. The Labute approximate surface area is 100 Å². The molecule has 1 aromatic carbocycles. The summed E-state index contributed by atoms with van der Waals surface area (Å²) in [6.07, 6.45) is -0.548. The molecule has 0 aliphatic carbocycles. The summed E-state index contributed by atoms with van der Waals surface area (Å²) in [6.45, 7) is 5.35. The standard InChI is InChI=1S/C11H15NO3S/c1-11(2,3)15-10(14)12-8-5-4-7(13)6-9(8)16/h4-6,13,16H,1-3H3,(H,12,14). The van der Waals surface area contributed by atoms with Gasteiger partial charge < -0.3 is 9.84 Å². The van der Waals surface area contributed by atoms with E-state index in [1.807, 2.05) is 0 Å². The minimum atomic E-state index is -0.548. The van der Waals surface area contributed by atoms with E-state index in [0.29, 0.717) is 10.6 Å². The summed E-state index contributed by atoms with van der Waals surface area (Å²) in [6, 6.07) is 4.46. The number of carbonyl (C=O) groups excluding carboxylic acids is 1. The van der Waals surface area contributed by atoms with Gasteiger partial charge in [-0.25, -0.2) is 4.79 Å². The van der Waals surface area contributed by atoms with E-state index in [1.54, 1.807) is 26.8 Å². The number of ether oxygens (including phenoxy) is 1. The Morgan fingerprint density at radius 3 is 2.56 bits per heavy atom.